The van der Waals surface area contributed by atoms with Crippen LogP contribution in [0.5, 0.6) is 0 Å². The second-order valence-electron chi connectivity index (χ2n) is 11.4. The molecular weight excluding hydrogens is 512 g/mol. The molecule has 4 aromatic carbocycles. The van der Waals surface area contributed by atoms with E-state index in [-0.39, 0.29) is 11.6 Å². The molecule has 2 unspecified atom stereocenters. The number of hydrogen-bond acceptors (Lipinski definition) is 4. The van der Waals surface area contributed by atoms with Gasteiger partial charge in [0.1, 0.15) is 6.17 Å². The number of para-hydroxylation sites is 4. The number of hydrogen-bond donors (Lipinski definition) is 0. The van der Waals surface area contributed by atoms with Crippen LogP contribution in [0.3, 0.4) is 0 Å². The van der Waals surface area contributed by atoms with Gasteiger partial charge in [0.25, 0.3) is 0 Å². The first-order valence-corrected chi connectivity index (χ1v) is 15.2. The number of fused-ring (bicyclic) bond motifs is 1. The fourth-order valence-corrected chi connectivity index (χ4v) is 6.52. The molecule has 0 N–H and O–H groups in total. The quantitative estimate of drug-likeness (QED) is 0.181. The summed E-state index contributed by atoms with van der Waals surface area (Å²) in [4.78, 5) is 12.4. The van der Waals surface area contributed by atoms with Crippen molar-refractivity contribution in [3.8, 4) is 0 Å². The summed E-state index contributed by atoms with van der Waals surface area (Å²) in [6.45, 7) is 9.31. The van der Waals surface area contributed by atoms with Crippen molar-refractivity contribution < 1.29 is 0 Å². The molecule has 0 aliphatic carbocycles. The highest BCUT2D eigenvalue weighted by Gasteiger charge is 2.39. The van der Waals surface area contributed by atoms with E-state index in [1.54, 1.807) is 0 Å². The van der Waals surface area contributed by atoms with E-state index >= 15 is 0 Å². The standard InChI is InChI=1S/C38H40N4/c1-5-26-38(4,6-2)34-24-16-17-25-35(34)41-29(3)40(30-18-10-7-11-19-30)36-27-33(28-39-37(36)41)42(31-20-12-8-13-21-31)32-22-14-9-15-23-32/h7-25,27-29H,5-6,26H2,1-4H3. The minimum absolute atomic E-state index is 0.0379. The van der Waals surface area contributed by atoms with Gasteiger partial charge in [0.05, 0.1) is 17.6 Å². The summed E-state index contributed by atoms with van der Waals surface area (Å²) in [6.07, 6.45) is 5.45. The van der Waals surface area contributed by atoms with Gasteiger partial charge in [0.15, 0.2) is 5.82 Å². The van der Waals surface area contributed by atoms with Gasteiger partial charge in [0, 0.05) is 22.7 Å². The Balaban J connectivity index is 1.55. The maximum absolute atomic E-state index is 5.25. The van der Waals surface area contributed by atoms with Gasteiger partial charge in [-0.05, 0) is 79.3 Å². The molecule has 0 fully saturated rings. The number of nitrogens with zero attached hydrogens (tertiary/aromatic N) is 4. The van der Waals surface area contributed by atoms with Gasteiger partial charge in [-0.2, -0.15) is 0 Å². The lowest BCUT2D eigenvalue weighted by Gasteiger charge is -2.36. The molecule has 2 atom stereocenters. The van der Waals surface area contributed by atoms with Crippen molar-refractivity contribution in [2.75, 3.05) is 14.7 Å². The molecule has 0 saturated heterocycles. The van der Waals surface area contributed by atoms with Crippen LogP contribution in [0, 0.1) is 0 Å². The second-order valence-corrected chi connectivity index (χ2v) is 11.4. The van der Waals surface area contributed by atoms with Crippen LogP contribution >= 0.6 is 0 Å². The monoisotopic (exact) mass is 552 g/mol. The molecule has 0 radical (unpaired) electrons. The van der Waals surface area contributed by atoms with E-state index < -0.39 is 0 Å². The number of pyridine rings is 1. The van der Waals surface area contributed by atoms with E-state index in [0.717, 1.165) is 53.5 Å². The van der Waals surface area contributed by atoms with Crippen molar-refractivity contribution >= 4 is 39.9 Å². The smallest absolute Gasteiger partial charge is 0.158 e. The maximum Gasteiger partial charge on any atom is 0.158 e. The molecule has 1 aliphatic heterocycles. The molecule has 4 heteroatoms. The van der Waals surface area contributed by atoms with E-state index in [4.69, 9.17) is 4.98 Å². The summed E-state index contributed by atoms with van der Waals surface area (Å²) in [5.41, 5.74) is 8.21. The third kappa shape index (κ3) is 4.92. The van der Waals surface area contributed by atoms with Gasteiger partial charge in [-0.1, -0.05) is 100.0 Å². The Morgan fingerprint density at radius 2 is 1.26 bits per heavy atom. The normalized spacial score (nSPS) is 15.8. The van der Waals surface area contributed by atoms with Crippen LogP contribution in [0.1, 0.15) is 52.5 Å². The van der Waals surface area contributed by atoms with Crippen LogP contribution in [0.2, 0.25) is 0 Å². The Morgan fingerprint density at radius 1 is 0.690 bits per heavy atom. The minimum Gasteiger partial charge on any atom is -0.317 e. The van der Waals surface area contributed by atoms with Crippen LogP contribution in [-0.2, 0) is 5.41 Å². The van der Waals surface area contributed by atoms with Crippen molar-refractivity contribution in [3.05, 3.63) is 133 Å². The number of anilines is 7. The fraction of sp³-hybridized carbons (Fsp3) is 0.237. The van der Waals surface area contributed by atoms with Crippen molar-refractivity contribution in [1.82, 2.24) is 4.98 Å². The third-order valence-electron chi connectivity index (χ3n) is 8.79. The van der Waals surface area contributed by atoms with Crippen LogP contribution in [0.15, 0.2) is 128 Å². The third-order valence-corrected chi connectivity index (χ3v) is 8.79. The zero-order valence-electron chi connectivity index (χ0n) is 25.1. The predicted molar refractivity (Wildman–Crippen MR) is 178 cm³/mol. The van der Waals surface area contributed by atoms with Crippen LogP contribution in [0.4, 0.5) is 39.9 Å². The summed E-state index contributed by atoms with van der Waals surface area (Å²) in [6, 6.07) is 43.1. The molecule has 6 rings (SSSR count). The second kappa shape index (κ2) is 11.7. The summed E-state index contributed by atoms with van der Waals surface area (Å²) in [5.74, 6) is 0.985. The lowest BCUT2D eigenvalue weighted by molar-refractivity contribution is 0.414. The Labute approximate surface area is 250 Å². The van der Waals surface area contributed by atoms with Crippen molar-refractivity contribution in [2.24, 2.45) is 0 Å². The van der Waals surface area contributed by atoms with E-state index in [0.29, 0.717) is 0 Å². The van der Waals surface area contributed by atoms with E-state index in [1.807, 2.05) is 6.20 Å². The van der Waals surface area contributed by atoms with Crippen molar-refractivity contribution in [3.63, 3.8) is 0 Å². The maximum atomic E-state index is 5.25. The van der Waals surface area contributed by atoms with Gasteiger partial charge in [-0.15, -0.1) is 0 Å². The summed E-state index contributed by atoms with van der Waals surface area (Å²) in [7, 11) is 0. The fourth-order valence-electron chi connectivity index (χ4n) is 6.52. The molecule has 42 heavy (non-hydrogen) atoms. The Hall–Kier alpha value is -4.57. The summed E-state index contributed by atoms with van der Waals surface area (Å²) < 4.78 is 0. The lowest BCUT2D eigenvalue weighted by atomic mass is 9.75. The van der Waals surface area contributed by atoms with Crippen molar-refractivity contribution in [1.29, 1.82) is 0 Å². The average Bonchev–Trinajstić information content (AvgIpc) is 3.33. The highest BCUT2D eigenvalue weighted by molar-refractivity contribution is 5.90. The topological polar surface area (TPSA) is 22.6 Å². The van der Waals surface area contributed by atoms with E-state index in [9.17, 15) is 0 Å². The average molecular weight is 553 g/mol. The highest BCUT2D eigenvalue weighted by Crippen LogP contribution is 2.51. The SMILES string of the molecule is CCCC(C)(CC)c1ccccc1N1c2ncc(N(c3ccccc3)c3ccccc3)cc2N(c2ccccc2)C1C. The zero-order chi connectivity index (χ0) is 29.1. The van der Waals surface area contributed by atoms with Gasteiger partial charge in [-0.25, -0.2) is 4.98 Å². The first-order chi connectivity index (χ1) is 20.6. The largest absolute Gasteiger partial charge is 0.317 e. The predicted octanol–water partition coefficient (Wildman–Crippen LogP) is 10.7. The Morgan fingerprint density at radius 3 is 1.86 bits per heavy atom. The van der Waals surface area contributed by atoms with Crippen molar-refractivity contribution in [2.45, 2.75) is 58.5 Å². The minimum atomic E-state index is 0.0379. The molecular formula is C38H40N4. The number of rotatable bonds is 9. The molecule has 4 nitrogen and oxygen atoms in total. The van der Waals surface area contributed by atoms with Gasteiger partial charge in [-0.3, -0.25) is 0 Å². The molecule has 5 aromatic rings. The summed E-state index contributed by atoms with van der Waals surface area (Å²) in [5, 5.41) is 0. The van der Waals surface area contributed by atoms with Gasteiger partial charge >= 0.3 is 0 Å². The van der Waals surface area contributed by atoms with E-state index in [1.165, 1.54) is 11.3 Å². The lowest BCUT2D eigenvalue weighted by Crippen LogP contribution is -2.37. The van der Waals surface area contributed by atoms with Crippen LogP contribution in [0.25, 0.3) is 0 Å². The van der Waals surface area contributed by atoms with Crippen LogP contribution in [-0.4, -0.2) is 11.1 Å². The number of aromatic nitrogens is 1. The highest BCUT2D eigenvalue weighted by atomic mass is 15.4. The molecule has 2 heterocycles. The molecule has 0 bridgehead atoms. The molecule has 0 amide bonds. The molecule has 212 valence electrons. The Bertz CT molecular complexity index is 1580. The van der Waals surface area contributed by atoms with Gasteiger partial charge < -0.3 is 14.7 Å². The molecule has 1 aromatic heterocycles. The first-order valence-electron chi connectivity index (χ1n) is 15.2. The molecule has 1 aliphatic rings. The van der Waals surface area contributed by atoms with E-state index in [2.05, 4.69) is 164 Å². The van der Waals surface area contributed by atoms with Gasteiger partial charge in [0.2, 0.25) is 0 Å². The Kier molecular flexibility index (Phi) is 7.71. The van der Waals surface area contributed by atoms with Crippen LogP contribution < -0.4 is 14.7 Å². The summed E-state index contributed by atoms with van der Waals surface area (Å²) >= 11 is 0. The first kappa shape index (κ1) is 27.6. The molecule has 0 spiro atoms. The molecule has 0 saturated carbocycles. The number of benzene rings is 4. The zero-order valence-corrected chi connectivity index (χ0v) is 25.1.